The second-order valence-electron chi connectivity index (χ2n) is 4.71. The molecular formula is C12H13BrClFO. The molecule has 0 amide bonds. The molecule has 0 saturated heterocycles. The average Bonchev–Trinajstić information content (AvgIpc) is 2.21. The molecule has 1 aliphatic carbocycles. The van der Waals surface area contributed by atoms with E-state index in [1.807, 2.05) is 13.8 Å². The molecule has 2 rings (SSSR count). The van der Waals surface area contributed by atoms with Crippen LogP contribution in [0.15, 0.2) is 22.7 Å². The molecule has 0 aliphatic heterocycles. The molecule has 1 saturated carbocycles. The predicted octanol–water partition coefficient (Wildman–Crippen LogP) is 4.37. The van der Waals surface area contributed by atoms with Crippen LogP contribution in [0.25, 0.3) is 0 Å². The van der Waals surface area contributed by atoms with Gasteiger partial charge in [0.15, 0.2) is 11.6 Å². The topological polar surface area (TPSA) is 9.23 Å². The van der Waals surface area contributed by atoms with Crippen LogP contribution < -0.4 is 4.74 Å². The molecule has 88 valence electrons. The van der Waals surface area contributed by atoms with Gasteiger partial charge in [0.05, 0.1) is 0 Å². The third-order valence-electron chi connectivity index (χ3n) is 3.22. The first-order chi connectivity index (χ1) is 7.41. The molecule has 0 aromatic heterocycles. The highest BCUT2D eigenvalue weighted by molar-refractivity contribution is 9.10. The SMILES string of the molecule is CC1(C)C(Cl)CC1Oc1ccc(Br)cc1F. The summed E-state index contributed by atoms with van der Waals surface area (Å²) in [6.45, 7) is 4.07. The molecule has 1 aromatic rings. The largest absolute Gasteiger partial charge is 0.487 e. The molecule has 1 fully saturated rings. The zero-order chi connectivity index (χ0) is 11.9. The van der Waals surface area contributed by atoms with Crippen LogP contribution >= 0.6 is 27.5 Å². The lowest BCUT2D eigenvalue weighted by Gasteiger charge is -2.48. The normalized spacial score (nSPS) is 27.3. The van der Waals surface area contributed by atoms with E-state index in [2.05, 4.69) is 15.9 Å². The number of hydrogen-bond donors (Lipinski definition) is 0. The van der Waals surface area contributed by atoms with Gasteiger partial charge >= 0.3 is 0 Å². The number of rotatable bonds is 2. The van der Waals surface area contributed by atoms with Crippen molar-refractivity contribution in [2.24, 2.45) is 5.41 Å². The van der Waals surface area contributed by atoms with E-state index in [4.69, 9.17) is 16.3 Å². The predicted molar refractivity (Wildman–Crippen MR) is 66.6 cm³/mol. The second kappa shape index (κ2) is 4.19. The molecule has 1 aromatic carbocycles. The van der Waals surface area contributed by atoms with E-state index in [0.717, 1.165) is 6.42 Å². The van der Waals surface area contributed by atoms with E-state index in [1.54, 1.807) is 12.1 Å². The summed E-state index contributed by atoms with van der Waals surface area (Å²) in [7, 11) is 0. The maximum atomic E-state index is 13.5. The van der Waals surface area contributed by atoms with Gasteiger partial charge in [-0.25, -0.2) is 4.39 Å². The van der Waals surface area contributed by atoms with E-state index < -0.39 is 0 Å². The summed E-state index contributed by atoms with van der Waals surface area (Å²) in [5.74, 6) is -0.0481. The molecule has 1 aliphatic rings. The van der Waals surface area contributed by atoms with Crippen LogP contribution in [0.1, 0.15) is 20.3 Å². The van der Waals surface area contributed by atoms with Crippen molar-refractivity contribution in [1.29, 1.82) is 0 Å². The fourth-order valence-corrected chi connectivity index (χ4v) is 2.40. The summed E-state index contributed by atoms with van der Waals surface area (Å²) in [5.41, 5.74) is -0.0962. The lowest BCUT2D eigenvalue weighted by molar-refractivity contribution is -0.0153. The van der Waals surface area contributed by atoms with Crippen LogP contribution in [-0.2, 0) is 0 Å². The number of alkyl halides is 1. The molecule has 0 heterocycles. The van der Waals surface area contributed by atoms with E-state index in [9.17, 15) is 4.39 Å². The molecule has 16 heavy (non-hydrogen) atoms. The fourth-order valence-electron chi connectivity index (χ4n) is 1.76. The van der Waals surface area contributed by atoms with Crippen molar-refractivity contribution in [3.63, 3.8) is 0 Å². The van der Waals surface area contributed by atoms with E-state index in [0.29, 0.717) is 10.2 Å². The van der Waals surface area contributed by atoms with Crippen molar-refractivity contribution in [2.45, 2.75) is 31.7 Å². The lowest BCUT2D eigenvalue weighted by atomic mass is 9.68. The zero-order valence-corrected chi connectivity index (χ0v) is 11.5. The summed E-state index contributed by atoms with van der Waals surface area (Å²) in [4.78, 5) is 0. The maximum Gasteiger partial charge on any atom is 0.166 e. The number of ether oxygens (including phenoxy) is 1. The van der Waals surface area contributed by atoms with Crippen molar-refractivity contribution in [3.8, 4) is 5.75 Å². The number of hydrogen-bond acceptors (Lipinski definition) is 1. The van der Waals surface area contributed by atoms with Gasteiger partial charge in [0.2, 0.25) is 0 Å². The van der Waals surface area contributed by atoms with Crippen LogP contribution in [-0.4, -0.2) is 11.5 Å². The molecule has 0 N–H and O–H groups in total. The van der Waals surface area contributed by atoms with Crippen LogP contribution in [0.2, 0.25) is 0 Å². The second-order valence-corrected chi connectivity index (χ2v) is 6.15. The summed E-state index contributed by atoms with van der Waals surface area (Å²) in [5, 5.41) is 0.107. The van der Waals surface area contributed by atoms with Crippen LogP contribution in [0.5, 0.6) is 5.75 Å². The summed E-state index contributed by atoms with van der Waals surface area (Å²) in [6, 6.07) is 4.80. The fraction of sp³-hybridized carbons (Fsp3) is 0.500. The monoisotopic (exact) mass is 306 g/mol. The van der Waals surface area contributed by atoms with Gasteiger partial charge in [-0.3, -0.25) is 0 Å². The molecular weight excluding hydrogens is 294 g/mol. The van der Waals surface area contributed by atoms with Crippen molar-refractivity contribution in [3.05, 3.63) is 28.5 Å². The van der Waals surface area contributed by atoms with Crippen molar-refractivity contribution in [1.82, 2.24) is 0 Å². The third kappa shape index (κ3) is 2.07. The van der Waals surface area contributed by atoms with Crippen molar-refractivity contribution >= 4 is 27.5 Å². The van der Waals surface area contributed by atoms with Gasteiger partial charge in [-0.1, -0.05) is 29.8 Å². The first-order valence-corrected chi connectivity index (χ1v) is 6.40. The average molecular weight is 308 g/mol. The van der Waals surface area contributed by atoms with Gasteiger partial charge in [0.1, 0.15) is 6.10 Å². The van der Waals surface area contributed by atoms with Gasteiger partial charge in [-0.05, 0) is 18.2 Å². The minimum atomic E-state index is -0.344. The Morgan fingerprint density at radius 3 is 2.69 bits per heavy atom. The van der Waals surface area contributed by atoms with Crippen molar-refractivity contribution in [2.75, 3.05) is 0 Å². The molecule has 2 unspecified atom stereocenters. The highest BCUT2D eigenvalue weighted by Crippen LogP contribution is 2.46. The summed E-state index contributed by atoms with van der Waals surface area (Å²) < 4.78 is 19.9. The van der Waals surface area contributed by atoms with Crippen LogP contribution in [0, 0.1) is 11.2 Å². The molecule has 0 bridgehead atoms. The molecule has 4 heteroatoms. The quantitative estimate of drug-likeness (QED) is 0.737. The highest BCUT2D eigenvalue weighted by atomic mass is 79.9. The van der Waals surface area contributed by atoms with Gasteiger partial charge in [0.25, 0.3) is 0 Å². The van der Waals surface area contributed by atoms with E-state index >= 15 is 0 Å². The standard InChI is InChI=1S/C12H13BrClFO/c1-12(2)10(14)6-11(12)16-9-4-3-7(13)5-8(9)15/h3-5,10-11H,6H2,1-2H3. The first kappa shape index (κ1) is 12.2. The minimum absolute atomic E-state index is 0.00863. The molecule has 0 radical (unpaired) electrons. The smallest absolute Gasteiger partial charge is 0.166 e. The minimum Gasteiger partial charge on any atom is -0.487 e. The Labute approximate surface area is 108 Å². The third-order valence-corrected chi connectivity index (χ3v) is 4.46. The maximum absolute atomic E-state index is 13.5. The number of halogens is 3. The Hall–Kier alpha value is -0.280. The number of benzene rings is 1. The first-order valence-electron chi connectivity index (χ1n) is 5.17. The molecule has 0 spiro atoms. The van der Waals surface area contributed by atoms with Crippen molar-refractivity contribution < 1.29 is 9.13 Å². The summed E-state index contributed by atoms with van der Waals surface area (Å²) >= 11 is 9.29. The van der Waals surface area contributed by atoms with Crippen LogP contribution in [0.3, 0.4) is 0 Å². The molecule has 1 nitrogen and oxygen atoms in total. The Morgan fingerprint density at radius 2 is 2.19 bits per heavy atom. The van der Waals surface area contributed by atoms with Gasteiger partial charge in [-0.15, -0.1) is 11.6 Å². The Morgan fingerprint density at radius 1 is 1.50 bits per heavy atom. The summed E-state index contributed by atoms with van der Waals surface area (Å²) in [6.07, 6.45) is 0.759. The Balaban J connectivity index is 2.11. The van der Waals surface area contributed by atoms with E-state index in [1.165, 1.54) is 6.07 Å². The zero-order valence-electron chi connectivity index (χ0n) is 9.14. The molecule has 2 atom stereocenters. The Bertz CT molecular complexity index is 408. The van der Waals surface area contributed by atoms with Gasteiger partial charge in [0, 0.05) is 21.7 Å². The lowest BCUT2D eigenvalue weighted by Crippen LogP contribution is -2.53. The van der Waals surface area contributed by atoms with Gasteiger partial charge < -0.3 is 4.74 Å². The van der Waals surface area contributed by atoms with Gasteiger partial charge in [-0.2, -0.15) is 0 Å². The van der Waals surface area contributed by atoms with Crippen LogP contribution in [0.4, 0.5) is 4.39 Å². The van der Waals surface area contributed by atoms with E-state index in [-0.39, 0.29) is 22.7 Å². The highest BCUT2D eigenvalue weighted by Gasteiger charge is 2.49. The Kier molecular flexibility index (Phi) is 3.19.